The first kappa shape index (κ1) is 11.4. The molecule has 0 saturated heterocycles. The van der Waals surface area contributed by atoms with Gasteiger partial charge in [0.1, 0.15) is 9.76 Å². The van der Waals surface area contributed by atoms with E-state index in [-0.39, 0.29) is 5.91 Å². The van der Waals surface area contributed by atoms with E-state index in [1.54, 1.807) is 12.1 Å². The summed E-state index contributed by atoms with van der Waals surface area (Å²) < 4.78 is 0.402. The maximum absolute atomic E-state index is 11.6. The summed E-state index contributed by atoms with van der Waals surface area (Å²) in [7, 11) is 2.93. The average Bonchev–Trinajstić information content (AvgIpc) is 2.15. The summed E-state index contributed by atoms with van der Waals surface area (Å²) >= 11 is 8.78. The summed E-state index contributed by atoms with van der Waals surface area (Å²) in [6, 6.07) is 3.13. The molecule has 76 valence electrons. The molecule has 0 aromatic carbocycles. The number of rotatable bonds is 2. The molecule has 0 N–H and O–H groups in total. The van der Waals surface area contributed by atoms with Crippen LogP contribution in [0.25, 0.3) is 0 Å². The van der Waals surface area contributed by atoms with Crippen LogP contribution in [0.1, 0.15) is 10.4 Å². The van der Waals surface area contributed by atoms with Crippen LogP contribution in [0.5, 0.6) is 0 Å². The van der Waals surface area contributed by atoms with Gasteiger partial charge in [-0.3, -0.25) is 9.63 Å². The molecule has 0 saturated carbocycles. The topological polar surface area (TPSA) is 42.4 Å². The molecule has 1 aromatic rings. The van der Waals surface area contributed by atoms with Crippen molar-refractivity contribution in [3.8, 4) is 0 Å². The van der Waals surface area contributed by atoms with Gasteiger partial charge in [0, 0.05) is 7.05 Å². The summed E-state index contributed by atoms with van der Waals surface area (Å²) in [6.45, 7) is 0. The van der Waals surface area contributed by atoms with Crippen LogP contribution in [0.4, 0.5) is 0 Å². The van der Waals surface area contributed by atoms with Crippen molar-refractivity contribution < 1.29 is 9.63 Å². The summed E-state index contributed by atoms with van der Waals surface area (Å²) in [6.07, 6.45) is 0. The number of amides is 1. The molecule has 0 spiro atoms. The summed E-state index contributed by atoms with van der Waals surface area (Å²) in [5.41, 5.74) is 0.402. The van der Waals surface area contributed by atoms with Crippen LogP contribution in [0.2, 0.25) is 5.15 Å². The van der Waals surface area contributed by atoms with Gasteiger partial charge in [-0.25, -0.2) is 10.0 Å². The van der Waals surface area contributed by atoms with Crippen LogP contribution < -0.4 is 0 Å². The predicted molar refractivity (Wildman–Crippen MR) is 56.0 cm³/mol. The molecule has 0 radical (unpaired) electrons. The first-order valence-corrected chi connectivity index (χ1v) is 4.87. The van der Waals surface area contributed by atoms with Crippen molar-refractivity contribution in [3.05, 3.63) is 27.5 Å². The smallest absolute Gasteiger partial charge is 0.274 e. The van der Waals surface area contributed by atoms with Gasteiger partial charge in [-0.15, -0.1) is 0 Å². The molecule has 1 rings (SSSR count). The number of carbonyl (C=O) groups excluding carboxylic acids is 1. The van der Waals surface area contributed by atoms with Crippen molar-refractivity contribution in [2.45, 2.75) is 0 Å². The molecule has 1 amide bonds. The zero-order chi connectivity index (χ0) is 10.7. The molecule has 0 aliphatic heterocycles. The van der Waals surface area contributed by atoms with Gasteiger partial charge in [-0.1, -0.05) is 11.6 Å². The number of hydrogen-bond donors (Lipinski definition) is 0. The van der Waals surface area contributed by atoms with Crippen molar-refractivity contribution in [3.63, 3.8) is 0 Å². The number of hydrogen-bond acceptors (Lipinski definition) is 3. The molecule has 0 fully saturated rings. The van der Waals surface area contributed by atoms with E-state index in [0.717, 1.165) is 5.06 Å². The monoisotopic (exact) mass is 278 g/mol. The van der Waals surface area contributed by atoms with E-state index in [0.29, 0.717) is 15.3 Å². The molecule has 14 heavy (non-hydrogen) atoms. The lowest BCUT2D eigenvalue weighted by Gasteiger charge is -2.13. The summed E-state index contributed by atoms with van der Waals surface area (Å²) in [4.78, 5) is 20.2. The highest BCUT2D eigenvalue weighted by molar-refractivity contribution is 9.10. The lowest BCUT2D eigenvalue weighted by atomic mass is 10.3. The quantitative estimate of drug-likeness (QED) is 0.615. The van der Waals surface area contributed by atoms with E-state index in [1.807, 2.05) is 0 Å². The first-order valence-electron chi connectivity index (χ1n) is 3.70. The molecule has 0 aliphatic rings. The van der Waals surface area contributed by atoms with Gasteiger partial charge < -0.3 is 0 Å². The molecular weight excluding hydrogens is 271 g/mol. The molecule has 0 unspecified atom stereocenters. The fraction of sp³-hybridized carbons (Fsp3) is 0.250. The normalized spacial score (nSPS) is 10.0. The van der Waals surface area contributed by atoms with Crippen molar-refractivity contribution in [1.82, 2.24) is 10.0 Å². The third-order valence-corrected chi connectivity index (χ3v) is 2.42. The van der Waals surface area contributed by atoms with Crippen LogP contribution >= 0.6 is 27.5 Å². The molecule has 0 bridgehead atoms. The van der Waals surface area contributed by atoms with Crippen molar-refractivity contribution in [2.75, 3.05) is 14.2 Å². The number of halogens is 2. The molecule has 1 aromatic heterocycles. The SMILES string of the molecule is CON(C)C(=O)c1ccc(Cl)nc1Br. The van der Waals surface area contributed by atoms with Crippen molar-refractivity contribution in [1.29, 1.82) is 0 Å². The lowest BCUT2D eigenvalue weighted by molar-refractivity contribution is -0.0757. The Morgan fingerprint density at radius 3 is 2.79 bits per heavy atom. The third-order valence-electron chi connectivity index (χ3n) is 1.61. The van der Waals surface area contributed by atoms with Crippen LogP contribution in [-0.4, -0.2) is 30.1 Å². The Hall–Kier alpha value is -0.650. The Morgan fingerprint density at radius 2 is 2.29 bits per heavy atom. The third kappa shape index (κ3) is 2.43. The molecular formula is C8H8BrClN2O2. The second-order valence-electron chi connectivity index (χ2n) is 2.46. The van der Waals surface area contributed by atoms with Crippen LogP contribution in [0.15, 0.2) is 16.7 Å². The Bertz CT molecular complexity index is 359. The average molecular weight is 280 g/mol. The number of hydroxylamine groups is 2. The zero-order valence-corrected chi connectivity index (χ0v) is 9.96. The number of nitrogens with zero attached hydrogens (tertiary/aromatic N) is 2. The molecule has 0 aliphatic carbocycles. The van der Waals surface area contributed by atoms with E-state index in [2.05, 4.69) is 20.9 Å². The highest BCUT2D eigenvalue weighted by atomic mass is 79.9. The maximum atomic E-state index is 11.6. The Morgan fingerprint density at radius 1 is 1.64 bits per heavy atom. The zero-order valence-electron chi connectivity index (χ0n) is 7.62. The van der Waals surface area contributed by atoms with Gasteiger partial charge in [0.15, 0.2) is 0 Å². The van der Waals surface area contributed by atoms with E-state index in [9.17, 15) is 4.79 Å². The van der Waals surface area contributed by atoms with Gasteiger partial charge in [-0.2, -0.15) is 0 Å². The largest absolute Gasteiger partial charge is 0.279 e. The van der Waals surface area contributed by atoms with Gasteiger partial charge >= 0.3 is 0 Å². The van der Waals surface area contributed by atoms with Gasteiger partial charge in [-0.05, 0) is 28.1 Å². The Balaban J connectivity index is 3.02. The van der Waals surface area contributed by atoms with Gasteiger partial charge in [0.05, 0.1) is 12.7 Å². The number of aromatic nitrogens is 1. The maximum Gasteiger partial charge on any atom is 0.279 e. The van der Waals surface area contributed by atoms with Crippen LogP contribution in [-0.2, 0) is 4.84 Å². The van der Waals surface area contributed by atoms with E-state index in [1.165, 1.54) is 14.2 Å². The Labute approximate surface area is 94.9 Å². The van der Waals surface area contributed by atoms with E-state index >= 15 is 0 Å². The molecule has 6 heteroatoms. The van der Waals surface area contributed by atoms with Gasteiger partial charge in [0.25, 0.3) is 5.91 Å². The van der Waals surface area contributed by atoms with Crippen molar-refractivity contribution >= 4 is 33.4 Å². The first-order chi connectivity index (χ1) is 6.56. The van der Waals surface area contributed by atoms with Gasteiger partial charge in [0.2, 0.25) is 0 Å². The number of carbonyl (C=O) groups is 1. The lowest BCUT2D eigenvalue weighted by Crippen LogP contribution is -2.25. The second-order valence-corrected chi connectivity index (χ2v) is 3.60. The molecule has 0 atom stereocenters. The highest BCUT2D eigenvalue weighted by Gasteiger charge is 2.15. The summed E-state index contributed by atoms with van der Waals surface area (Å²) in [5.74, 6) is -0.288. The summed E-state index contributed by atoms with van der Waals surface area (Å²) in [5, 5.41) is 1.43. The van der Waals surface area contributed by atoms with E-state index < -0.39 is 0 Å². The minimum atomic E-state index is -0.288. The fourth-order valence-corrected chi connectivity index (χ4v) is 1.57. The minimum Gasteiger partial charge on any atom is -0.274 e. The van der Waals surface area contributed by atoms with Crippen LogP contribution in [0, 0.1) is 0 Å². The number of pyridine rings is 1. The van der Waals surface area contributed by atoms with Crippen LogP contribution in [0.3, 0.4) is 0 Å². The predicted octanol–water partition coefficient (Wildman–Crippen LogP) is 2.13. The Kier molecular flexibility index (Phi) is 3.86. The van der Waals surface area contributed by atoms with Crippen molar-refractivity contribution in [2.24, 2.45) is 0 Å². The highest BCUT2D eigenvalue weighted by Crippen LogP contribution is 2.18. The van der Waals surface area contributed by atoms with E-state index in [4.69, 9.17) is 16.4 Å². The second kappa shape index (κ2) is 4.72. The molecule has 1 heterocycles. The minimum absolute atomic E-state index is 0.288. The standard InChI is InChI=1S/C8H8BrClN2O2/c1-12(14-2)8(13)5-3-4-6(10)11-7(5)9/h3-4H,1-2H3. The molecule has 4 nitrogen and oxygen atoms in total. The fourth-order valence-electron chi connectivity index (χ4n) is 0.824.